The number of methoxy groups -OCH3 is 1. The number of carbonyl (C=O) groups excluding carboxylic acids is 1. The molecule has 0 saturated carbocycles. The Morgan fingerprint density at radius 2 is 2.05 bits per heavy atom. The highest BCUT2D eigenvalue weighted by Crippen LogP contribution is 2.37. The average molecular weight is 660 g/mol. The number of hydrogen-bond acceptors (Lipinski definition) is 8. The number of ether oxygens (including phenoxy) is 4. The minimum absolute atomic E-state index is 0.0633. The molecule has 11 heteroatoms. The molecule has 0 aliphatic carbocycles. The van der Waals surface area contributed by atoms with Crippen molar-refractivity contribution in [3.05, 3.63) is 81.9 Å². The Kier molecular flexibility index (Phi) is 9.64. The van der Waals surface area contributed by atoms with E-state index in [-0.39, 0.29) is 30.5 Å². The van der Waals surface area contributed by atoms with Gasteiger partial charge in [0, 0.05) is 0 Å². The van der Waals surface area contributed by atoms with Crippen molar-refractivity contribution >= 4 is 50.9 Å². The monoisotopic (exact) mass is 658 g/mol. The van der Waals surface area contributed by atoms with Gasteiger partial charge in [-0.25, -0.2) is 9.79 Å². The lowest BCUT2D eigenvalue weighted by Gasteiger charge is -2.25. The summed E-state index contributed by atoms with van der Waals surface area (Å²) in [5.74, 6) is 3.30. The number of rotatable bonds is 9. The van der Waals surface area contributed by atoms with Crippen molar-refractivity contribution < 1.29 is 23.7 Å². The van der Waals surface area contributed by atoms with Gasteiger partial charge in [0.25, 0.3) is 5.56 Å². The summed E-state index contributed by atoms with van der Waals surface area (Å²) < 4.78 is 24.9. The second-order valence-electron chi connectivity index (χ2n) is 9.19. The third-order valence-electron chi connectivity index (χ3n) is 6.00. The minimum atomic E-state index is -0.802. The second kappa shape index (κ2) is 13.0. The Morgan fingerprint density at radius 3 is 2.68 bits per heavy atom. The third-order valence-corrected chi connectivity index (χ3v) is 7.85. The van der Waals surface area contributed by atoms with Crippen molar-refractivity contribution in [2.24, 2.45) is 4.99 Å². The minimum Gasteiger partial charge on any atom is -0.493 e. The summed E-state index contributed by atoms with van der Waals surface area (Å²) in [5.41, 5.74) is 1.71. The molecule has 1 aromatic heterocycles. The van der Waals surface area contributed by atoms with Gasteiger partial charge in [-0.05, 0) is 85.1 Å². The van der Waals surface area contributed by atoms with E-state index in [4.69, 9.17) is 37.0 Å². The summed E-state index contributed by atoms with van der Waals surface area (Å²) in [6.07, 6.45) is 6.94. The second-order valence-corrected chi connectivity index (χ2v) is 11.5. The Balaban J connectivity index is 1.91. The molecule has 0 spiro atoms. The van der Waals surface area contributed by atoms with Gasteiger partial charge in [-0.1, -0.05) is 34.9 Å². The van der Waals surface area contributed by atoms with Crippen LogP contribution in [0.25, 0.3) is 6.08 Å². The molecule has 214 valence electrons. The first kappa shape index (κ1) is 30.4. The molecule has 0 amide bonds. The van der Waals surface area contributed by atoms with E-state index in [1.54, 1.807) is 44.2 Å². The number of benzene rings is 2. The molecule has 4 rings (SSSR count). The summed E-state index contributed by atoms with van der Waals surface area (Å²) in [6.45, 7) is 7.53. The van der Waals surface area contributed by atoms with Crippen molar-refractivity contribution in [2.45, 2.75) is 39.8 Å². The zero-order valence-electron chi connectivity index (χ0n) is 23.1. The molecule has 1 aliphatic rings. The van der Waals surface area contributed by atoms with Crippen LogP contribution in [0, 0.1) is 12.3 Å². The normalized spacial score (nSPS) is 14.8. The molecular weight excluding hydrogens is 632 g/mol. The van der Waals surface area contributed by atoms with E-state index < -0.39 is 12.0 Å². The lowest BCUT2D eigenvalue weighted by atomic mass is 9.95. The highest BCUT2D eigenvalue weighted by atomic mass is 79.9. The third kappa shape index (κ3) is 6.38. The van der Waals surface area contributed by atoms with E-state index in [0.717, 1.165) is 0 Å². The molecule has 2 aromatic carbocycles. The van der Waals surface area contributed by atoms with Crippen LogP contribution in [-0.4, -0.2) is 37.0 Å². The van der Waals surface area contributed by atoms with Crippen molar-refractivity contribution in [3.63, 3.8) is 0 Å². The topological polar surface area (TPSA) is 88.3 Å². The van der Waals surface area contributed by atoms with Gasteiger partial charge < -0.3 is 18.9 Å². The number of halogens is 2. The van der Waals surface area contributed by atoms with Crippen LogP contribution < -0.4 is 29.1 Å². The zero-order valence-corrected chi connectivity index (χ0v) is 26.3. The molecule has 8 nitrogen and oxygen atoms in total. The fourth-order valence-corrected chi connectivity index (χ4v) is 6.41. The number of fused-ring (bicyclic) bond motifs is 1. The van der Waals surface area contributed by atoms with Crippen LogP contribution in [0.15, 0.2) is 55.9 Å². The fourth-order valence-electron chi connectivity index (χ4n) is 4.38. The molecule has 0 saturated heterocycles. The van der Waals surface area contributed by atoms with Crippen LogP contribution in [-0.2, 0) is 9.53 Å². The first-order chi connectivity index (χ1) is 19.6. The Bertz CT molecular complexity index is 1730. The highest BCUT2D eigenvalue weighted by Gasteiger charge is 2.34. The summed E-state index contributed by atoms with van der Waals surface area (Å²) in [7, 11) is 1.54. The number of hydrogen-bond donors (Lipinski definition) is 0. The Labute approximate surface area is 255 Å². The van der Waals surface area contributed by atoms with E-state index in [9.17, 15) is 9.59 Å². The molecule has 0 unspecified atom stereocenters. The number of terminal acetylenes is 1. The highest BCUT2D eigenvalue weighted by molar-refractivity contribution is 9.10. The van der Waals surface area contributed by atoms with Gasteiger partial charge in [-0.15, -0.1) is 6.42 Å². The van der Waals surface area contributed by atoms with E-state index in [0.29, 0.717) is 52.9 Å². The van der Waals surface area contributed by atoms with Gasteiger partial charge in [0.15, 0.2) is 22.0 Å². The van der Waals surface area contributed by atoms with E-state index in [2.05, 4.69) is 26.8 Å². The SMILES string of the molecule is C#CCOc1c(Cl)cc(/C=c2\sc3n(c2=O)[C@H](c2ccc(OC(C)C)c(OC)c2)C(C(=O)OCC)=C(C)N=3)cc1Br. The van der Waals surface area contributed by atoms with E-state index in [1.807, 2.05) is 19.9 Å². The quantitative estimate of drug-likeness (QED) is 0.237. The first-order valence-electron chi connectivity index (χ1n) is 12.7. The van der Waals surface area contributed by atoms with Crippen molar-refractivity contribution in [2.75, 3.05) is 20.3 Å². The molecule has 0 fully saturated rings. The number of allylic oxidation sites excluding steroid dienone is 1. The maximum absolute atomic E-state index is 13.9. The first-order valence-corrected chi connectivity index (χ1v) is 14.7. The molecule has 1 atom stereocenters. The van der Waals surface area contributed by atoms with Crippen molar-refractivity contribution in [1.29, 1.82) is 0 Å². The van der Waals surface area contributed by atoms with E-state index in [1.165, 1.54) is 23.0 Å². The summed E-state index contributed by atoms with van der Waals surface area (Å²) in [4.78, 5) is 32.2. The molecule has 0 radical (unpaired) electrons. The van der Waals surface area contributed by atoms with E-state index >= 15 is 0 Å². The van der Waals surface area contributed by atoms with Crippen LogP contribution in [0.3, 0.4) is 0 Å². The lowest BCUT2D eigenvalue weighted by molar-refractivity contribution is -0.139. The maximum Gasteiger partial charge on any atom is 0.338 e. The number of nitrogens with zero attached hydrogens (tertiary/aromatic N) is 2. The van der Waals surface area contributed by atoms with Gasteiger partial charge in [0.05, 0.1) is 51.2 Å². The zero-order chi connectivity index (χ0) is 29.8. The Morgan fingerprint density at radius 1 is 1.29 bits per heavy atom. The fraction of sp³-hybridized carbons (Fsp3) is 0.300. The number of carbonyl (C=O) groups is 1. The Hall–Kier alpha value is -3.52. The van der Waals surface area contributed by atoms with Gasteiger partial charge in [0.2, 0.25) is 0 Å². The van der Waals surface area contributed by atoms with Crippen molar-refractivity contribution in [3.8, 4) is 29.6 Å². The number of esters is 1. The van der Waals surface area contributed by atoms with Crippen LogP contribution >= 0.6 is 38.9 Å². The maximum atomic E-state index is 13.9. The number of aromatic nitrogens is 1. The standard InChI is InChI=1S/C30H28BrClN2O6S/c1-7-11-39-27-20(31)12-18(13-21(27)32)14-24-28(35)34-26(19-9-10-22(40-16(3)4)23(15-19)37-6)25(29(36)38-8-2)17(5)33-30(34)41-24/h1,9-10,12-16,26H,8,11H2,2-6H3/b24-14-/t26-/m1/s1. The molecule has 1 aliphatic heterocycles. The predicted molar refractivity (Wildman–Crippen MR) is 163 cm³/mol. The van der Waals surface area contributed by atoms with Crippen LogP contribution in [0.4, 0.5) is 0 Å². The molecule has 41 heavy (non-hydrogen) atoms. The molecule has 0 N–H and O–H groups in total. The summed E-state index contributed by atoms with van der Waals surface area (Å²) in [6, 6.07) is 8.01. The van der Waals surface area contributed by atoms with Crippen LogP contribution in [0.1, 0.15) is 44.9 Å². The largest absolute Gasteiger partial charge is 0.493 e. The van der Waals surface area contributed by atoms with Gasteiger partial charge in [-0.2, -0.15) is 0 Å². The molecule has 0 bridgehead atoms. The van der Waals surface area contributed by atoms with Gasteiger partial charge in [0.1, 0.15) is 6.61 Å². The van der Waals surface area contributed by atoms with Gasteiger partial charge in [-0.3, -0.25) is 9.36 Å². The number of thiazole rings is 1. The lowest BCUT2D eigenvalue weighted by Crippen LogP contribution is -2.40. The average Bonchev–Trinajstić information content (AvgIpc) is 3.21. The van der Waals surface area contributed by atoms with Crippen molar-refractivity contribution in [1.82, 2.24) is 4.57 Å². The van der Waals surface area contributed by atoms with Crippen LogP contribution in [0.5, 0.6) is 17.2 Å². The smallest absolute Gasteiger partial charge is 0.338 e. The molecule has 3 aromatic rings. The van der Waals surface area contributed by atoms with Gasteiger partial charge >= 0.3 is 5.97 Å². The predicted octanol–water partition coefficient (Wildman–Crippen LogP) is 5.02. The molecular formula is C30H28BrClN2O6S. The van der Waals surface area contributed by atoms with Crippen LogP contribution in [0.2, 0.25) is 5.02 Å². The molecule has 2 heterocycles. The summed E-state index contributed by atoms with van der Waals surface area (Å²) in [5, 5.41) is 0.336. The summed E-state index contributed by atoms with van der Waals surface area (Å²) >= 11 is 11.1.